The lowest BCUT2D eigenvalue weighted by molar-refractivity contribution is -0.142. The molecule has 1 aromatic rings. The molecule has 0 bridgehead atoms. The summed E-state index contributed by atoms with van der Waals surface area (Å²) in [5, 5.41) is 12.4. The summed E-state index contributed by atoms with van der Waals surface area (Å²) in [7, 11) is 0. The average Bonchev–Trinajstić information content (AvgIpc) is 2.74. The van der Waals surface area contributed by atoms with Crippen LogP contribution in [-0.2, 0) is 11.3 Å². The number of aliphatic carboxylic acids is 1. The highest BCUT2D eigenvalue weighted by Crippen LogP contribution is 2.33. The number of nitrogens with one attached hydrogen (secondary N) is 1. The van der Waals surface area contributed by atoms with E-state index in [1.54, 1.807) is 0 Å². The lowest BCUT2D eigenvalue weighted by Gasteiger charge is -2.25. The number of hydrogen-bond acceptors (Lipinski definition) is 5. The van der Waals surface area contributed by atoms with Crippen LogP contribution in [0.2, 0.25) is 0 Å². The number of benzene rings is 1. The maximum absolute atomic E-state index is 11.3. The van der Waals surface area contributed by atoms with Crippen LogP contribution in [0.5, 0.6) is 11.5 Å². The summed E-state index contributed by atoms with van der Waals surface area (Å²) >= 11 is 0. The Bertz CT molecular complexity index is 561. The number of carbonyl (C=O) groups is 1. The molecule has 1 fully saturated rings. The molecule has 22 heavy (non-hydrogen) atoms. The van der Waals surface area contributed by atoms with E-state index in [9.17, 15) is 9.90 Å². The molecule has 6 nitrogen and oxygen atoms in total. The molecule has 1 atom stereocenters. The average molecular weight is 306 g/mol. The molecule has 0 unspecified atom stereocenters. The first-order valence-corrected chi connectivity index (χ1v) is 7.68. The zero-order chi connectivity index (χ0) is 15.5. The van der Waals surface area contributed by atoms with Gasteiger partial charge in [0.1, 0.15) is 13.2 Å². The van der Waals surface area contributed by atoms with Gasteiger partial charge < -0.3 is 19.9 Å². The Morgan fingerprint density at radius 2 is 2.09 bits per heavy atom. The first kappa shape index (κ1) is 15.1. The molecule has 0 spiro atoms. The van der Waals surface area contributed by atoms with Crippen molar-refractivity contribution in [3.63, 3.8) is 0 Å². The molecule has 2 aliphatic heterocycles. The van der Waals surface area contributed by atoms with Crippen LogP contribution in [0.25, 0.3) is 0 Å². The fourth-order valence-corrected chi connectivity index (χ4v) is 2.93. The number of rotatable bonds is 3. The zero-order valence-corrected chi connectivity index (χ0v) is 12.8. The molecule has 1 saturated heterocycles. The Morgan fingerprint density at radius 3 is 2.82 bits per heavy atom. The molecule has 1 aromatic carbocycles. The highest BCUT2D eigenvalue weighted by atomic mass is 16.6. The van der Waals surface area contributed by atoms with Crippen molar-refractivity contribution >= 4 is 5.97 Å². The third kappa shape index (κ3) is 3.34. The van der Waals surface area contributed by atoms with Gasteiger partial charge in [-0.25, -0.2) is 0 Å². The molecule has 6 heteroatoms. The number of ether oxygens (including phenoxy) is 2. The van der Waals surface area contributed by atoms with E-state index in [2.05, 4.69) is 17.1 Å². The van der Waals surface area contributed by atoms with Crippen LogP contribution >= 0.6 is 0 Å². The molecular weight excluding hydrogens is 284 g/mol. The monoisotopic (exact) mass is 306 g/mol. The zero-order valence-electron chi connectivity index (χ0n) is 12.8. The molecule has 2 aliphatic rings. The minimum atomic E-state index is -0.738. The number of carboxylic acids is 1. The molecule has 0 saturated carbocycles. The lowest BCUT2D eigenvalue weighted by atomic mass is 10.1. The molecule has 2 N–H and O–H groups in total. The fourth-order valence-electron chi connectivity index (χ4n) is 2.93. The van der Waals surface area contributed by atoms with E-state index < -0.39 is 5.97 Å². The van der Waals surface area contributed by atoms with Gasteiger partial charge in [-0.15, -0.1) is 0 Å². The van der Waals surface area contributed by atoms with Crippen LogP contribution in [0.15, 0.2) is 12.1 Å². The summed E-state index contributed by atoms with van der Waals surface area (Å²) in [6, 6.07) is 4.03. The van der Waals surface area contributed by atoms with Gasteiger partial charge in [0.05, 0.1) is 5.92 Å². The first-order chi connectivity index (χ1) is 10.6. The molecule has 3 rings (SSSR count). The van der Waals surface area contributed by atoms with Crippen molar-refractivity contribution < 1.29 is 19.4 Å². The molecule has 0 radical (unpaired) electrons. The van der Waals surface area contributed by atoms with Gasteiger partial charge in [0, 0.05) is 32.7 Å². The van der Waals surface area contributed by atoms with Gasteiger partial charge in [0.25, 0.3) is 0 Å². The van der Waals surface area contributed by atoms with Crippen LogP contribution < -0.4 is 14.8 Å². The summed E-state index contributed by atoms with van der Waals surface area (Å²) in [5.41, 5.74) is 2.31. The van der Waals surface area contributed by atoms with E-state index in [1.165, 1.54) is 0 Å². The maximum atomic E-state index is 11.3. The Morgan fingerprint density at radius 1 is 1.36 bits per heavy atom. The Hall–Kier alpha value is -1.79. The molecule has 0 aliphatic carbocycles. The smallest absolute Gasteiger partial charge is 0.309 e. The standard InChI is InChI=1S/C16H22N2O4/c1-11-6-14-15(22-5-4-21-14)7-12(11)9-18-3-2-17-8-13(10-18)16(19)20/h6-7,13,17H,2-5,8-10H2,1H3,(H,19,20)/t13-/m1/s1. The Labute approximate surface area is 130 Å². The van der Waals surface area contributed by atoms with Gasteiger partial charge in [0.2, 0.25) is 0 Å². The summed E-state index contributed by atoms with van der Waals surface area (Å²) in [6.07, 6.45) is 0. The summed E-state index contributed by atoms with van der Waals surface area (Å²) in [5.74, 6) is 0.487. The molecule has 120 valence electrons. The Kier molecular flexibility index (Phi) is 4.49. The number of carboxylic acid groups (broad SMARTS) is 1. The van der Waals surface area contributed by atoms with Crippen molar-refractivity contribution in [3.8, 4) is 11.5 Å². The van der Waals surface area contributed by atoms with Crippen LogP contribution in [0.1, 0.15) is 11.1 Å². The lowest BCUT2D eigenvalue weighted by Crippen LogP contribution is -2.33. The van der Waals surface area contributed by atoms with Crippen molar-refractivity contribution in [2.24, 2.45) is 5.92 Å². The second-order valence-electron chi connectivity index (χ2n) is 5.90. The van der Waals surface area contributed by atoms with Crippen molar-refractivity contribution in [1.29, 1.82) is 0 Å². The topological polar surface area (TPSA) is 71.0 Å². The van der Waals surface area contributed by atoms with Crippen molar-refractivity contribution in [1.82, 2.24) is 10.2 Å². The van der Waals surface area contributed by atoms with E-state index in [0.717, 1.165) is 42.3 Å². The van der Waals surface area contributed by atoms with Crippen LogP contribution in [-0.4, -0.2) is 55.4 Å². The van der Waals surface area contributed by atoms with E-state index in [1.807, 2.05) is 12.1 Å². The molecule has 2 heterocycles. The molecular formula is C16H22N2O4. The van der Waals surface area contributed by atoms with Crippen LogP contribution in [0.3, 0.4) is 0 Å². The number of hydrogen-bond donors (Lipinski definition) is 2. The third-order valence-corrected chi connectivity index (χ3v) is 4.22. The molecule has 0 amide bonds. The van der Waals surface area contributed by atoms with Crippen molar-refractivity contribution in [2.75, 3.05) is 39.4 Å². The maximum Gasteiger partial charge on any atom is 0.309 e. The van der Waals surface area contributed by atoms with E-state index in [0.29, 0.717) is 26.3 Å². The summed E-state index contributed by atoms with van der Waals surface area (Å²) < 4.78 is 11.2. The SMILES string of the molecule is Cc1cc2c(cc1CN1CCNC[C@@H](C(=O)O)C1)OCCO2. The summed E-state index contributed by atoms with van der Waals surface area (Å²) in [6.45, 7) is 6.70. The van der Waals surface area contributed by atoms with E-state index >= 15 is 0 Å². The van der Waals surface area contributed by atoms with Crippen LogP contribution in [0, 0.1) is 12.8 Å². The van der Waals surface area contributed by atoms with E-state index in [4.69, 9.17) is 9.47 Å². The van der Waals surface area contributed by atoms with Gasteiger partial charge in [-0.3, -0.25) is 9.69 Å². The van der Waals surface area contributed by atoms with E-state index in [-0.39, 0.29) is 5.92 Å². The minimum absolute atomic E-state index is 0.361. The van der Waals surface area contributed by atoms with Crippen LogP contribution in [0.4, 0.5) is 0 Å². The van der Waals surface area contributed by atoms with Crippen molar-refractivity contribution in [2.45, 2.75) is 13.5 Å². The fraction of sp³-hybridized carbons (Fsp3) is 0.562. The van der Waals surface area contributed by atoms with Gasteiger partial charge in [-0.1, -0.05) is 0 Å². The van der Waals surface area contributed by atoms with Gasteiger partial charge in [-0.2, -0.15) is 0 Å². The number of fused-ring (bicyclic) bond motifs is 1. The highest BCUT2D eigenvalue weighted by Gasteiger charge is 2.24. The van der Waals surface area contributed by atoms with Crippen molar-refractivity contribution in [3.05, 3.63) is 23.3 Å². The second-order valence-corrected chi connectivity index (χ2v) is 5.90. The second kappa shape index (κ2) is 6.54. The number of nitrogens with zero attached hydrogens (tertiary/aromatic N) is 1. The first-order valence-electron chi connectivity index (χ1n) is 7.68. The minimum Gasteiger partial charge on any atom is -0.486 e. The number of aryl methyl sites for hydroxylation is 1. The molecule has 0 aromatic heterocycles. The highest BCUT2D eigenvalue weighted by molar-refractivity contribution is 5.70. The predicted molar refractivity (Wildman–Crippen MR) is 81.4 cm³/mol. The van der Waals surface area contributed by atoms with Gasteiger partial charge in [-0.05, 0) is 30.2 Å². The van der Waals surface area contributed by atoms with Gasteiger partial charge >= 0.3 is 5.97 Å². The quantitative estimate of drug-likeness (QED) is 0.863. The third-order valence-electron chi connectivity index (χ3n) is 4.22. The predicted octanol–water partition coefficient (Wildman–Crippen LogP) is 0.872. The Balaban J connectivity index is 1.75. The normalized spacial score (nSPS) is 22.1. The largest absolute Gasteiger partial charge is 0.486 e. The van der Waals surface area contributed by atoms with Gasteiger partial charge in [0.15, 0.2) is 11.5 Å². The summed E-state index contributed by atoms with van der Waals surface area (Å²) in [4.78, 5) is 13.5.